The Bertz CT molecular complexity index is 1060. The van der Waals surface area contributed by atoms with Gasteiger partial charge in [0.2, 0.25) is 15.9 Å². The molecule has 0 saturated heterocycles. The largest absolute Gasteiger partial charge is 0.383 e. The predicted molar refractivity (Wildman–Crippen MR) is 113 cm³/mol. The highest BCUT2D eigenvalue weighted by Crippen LogP contribution is 2.42. The van der Waals surface area contributed by atoms with Gasteiger partial charge in [-0.15, -0.1) is 11.8 Å². The molecule has 1 atom stereocenters. The summed E-state index contributed by atoms with van der Waals surface area (Å²) in [5, 5.41) is 2.69. The Kier molecular flexibility index (Phi) is 6.72. The van der Waals surface area contributed by atoms with Crippen LogP contribution in [0.4, 0.5) is 21.6 Å². The van der Waals surface area contributed by atoms with Crippen LogP contribution in [0.3, 0.4) is 0 Å². The Labute approximate surface area is 180 Å². The van der Waals surface area contributed by atoms with Gasteiger partial charge in [0.15, 0.2) is 0 Å². The Balaban J connectivity index is 1.83. The van der Waals surface area contributed by atoms with Gasteiger partial charge in [-0.2, -0.15) is 0 Å². The molecular formula is C16H16Cl2FN5O3S2. The van der Waals surface area contributed by atoms with E-state index in [-0.39, 0.29) is 27.8 Å². The van der Waals surface area contributed by atoms with E-state index in [0.717, 1.165) is 0 Å². The van der Waals surface area contributed by atoms with E-state index in [1.807, 2.05) is 0 Å². The molecule has 0 radical (unpaired) electrons. The first-order chi connectivity index (χ1) is 13.7. The smallest absolute Gasteiger partial charge is 0.234 e. The van der Waals surface area contributed by atoms with Gasteiger partial charge in [-0.25, -0.2) is 18.4 Å². The Morgan fingerprint density at radius 3 is 2.83 bits per heavy atom. The zero-order valence-corrected chi connectivity index (χ0v) is 17.9. The van der Waals surface area contributed by atoms with Gasteiger partial charge >= 0.3 is 0 Å². The fourth-order valence-electron chi connectivity index (χ4n) is 2.66. The summed E-state index contributed by atoms with van der Waals surface area (Å²) in [6, 6.07) is 2.76. The average molecular weight is 480 g/mol. The number of hydrogen-bond acceptors (Lipinski definition) is 7. The molecule has 4 N–H and O–H groups in total. The topological polar surface area (TPSA) is 127 Å². The van der Waals surface area contributed by atoms with Gasteiger partial charge in [0, 0.05) is 5.75 Å². The van der Waals surface area contributed by atoms with Crippen LogP contribution in [0.2, 0.25) is 10.0 Å². The van der Waals surface area contributed by atoms with Crippen molar-refractivity contribution in [3.8, 4) is 0 Å². The van der Waals surface area contributed by atoms with Crippen molar-refractivity contribution in [2.24, 2.45) is 0 Å². The summed E-state index contributed by atoms with van der Waals surface area (Å²) in [5.74, 6) is -0.708. The number of nitrogen functional groups attached to an aromatic ring is 1. The summed E-state index contributed by atoms with van der Waals surface area (Å²) >= 11 is 13.8. The highest BCUT2D eigenvalue weighted by Gasteiger charge is 2.33. The van der Waals surface area contributed by atoms with E-state index in [0.29, 0.717) is 22.2 Å². The number of benzene rings is 1. The van der Waals surface area contributed by atoms with Gasteiger partial charge in [0.05, 0.1) is 50.4 Å². The third-order valence-electron chi connectivity index (χ3n) is 4.05. The number of carbonyl (C=O) groups excluding carboxylic acids is 1. The number of aromatic nitrogens is 2. The molecule has 0 bridgehead atoms. The van der Waals surface area contributed by atoms with Crippen LogP contribution in [0.15, 0.2) is 23.4 Å². The SMILES string of the molecule is Nc1ncnc2c1SCC2C(=O)Nc1c(Cl)ccc(NS(=O)(=O)CCCF)c1Cl. The number of alkyl halides is 1. The number of halogens is 3. The first-order valence-electron chi connectivity index (χ1n) is 8.32. The van der Waals surface area contributed by atoms with Crippen molar-refractivity contribution in [3.63, 3.8) is 0 Å². The maximum Gasteiger partial charge on any atom is 0.234 e. The lowest BCUT2D eigenvalue weighted by Crippen LogP contribution is -2.23. The van der Waals surface area contributed by atoms with E-state index in [9.17, 15) is 17.6 Å². The second kappa shape index (κ2) is 8.90. The second-order valence-corrected chi connectivity index (χ2v) is 9.73. The number of carbonyl (C=O) groups is 1. The minimum atomic E-state index is -3.80. The van der Waals surface area contributed by atoms with E-state index < -0.39 is 34.3 Å². The van der Waals surface area contributed by atoms with Crippen LogP contribution in [-0.4, -0.2) is 42.5 Å². The number of hydrogen-bond donors (Lipinski definition) is 3. The highest BCUT2D eigenvalue weighted by molar-refractivity contribution is 7.99. The van der Waals surface area contributed by atoms with Crippen LogP contribution in [0, 0.1) is 0 Å². The Morgan fingerprint density at radius 2 is 2.10 bits per heavy atom. The molecule has 8 nitrogen and oxygen atoms in total. The van der Waals surface area contributed by atoms with Gasteiger partial charge in [-0.3, -0.25) is 13.9 Å². The molecular weight excluding hydrogens is 464 g/mol. The van der Waals surface area contributed by atoms with Crippen molar-refractivity contribution in [2.75, 3.05) is 34.0 Å². The molecule has 1 aromatic heterocycles. The van der Waals surface area contributed by atoms with Crippen molar-refractivity contribution in [1.29, 1.82) is 0 Å². The lowest BCUT2D eigenvalue weighted by Gasteiger charge is -2.16. The van der Waals surface area contributed by atoms with Crippen molar-refractivity contribution in [1.82, 2.24) is 9.97 Å². The number of amides is 1. The lowest BCUT2D eigenvalue weighted by molar-refractivity contribution is -0.117. The van der Waals surface area contributed by atoms with E-state index in [2.05, 4.69) is 20.0 Å². The minimum Gasteiger partial charge on any atom is -0.383 e. The fraction of sp³-hybridized carbons (Fsp3) is 0.312. The van der Waals surface area contributed by atoms with Gasteiger partial charge < -0.3 is 11.1 Å². The Hall–Kier alpha value is -1.82. The minimum absolute atomic E-state index is 0.0259. The summed E-state index contributed by atoms with van der Waals surface area (Å²) in [6.45, 7) is -0.758. The zero-order chi connectivity index (χ0) is 21.2. The standard InChI is InChI=1S/C16H16Cl2FN5O3S2/c17-9-2-3-10(24-29(26,27)5-1-4-19)11(18)13(9)23-16(25)8-6-28-14-12(8)21-7-22-15(14)20/h2-3,7-8,24H,1,4-6H2,(H,23,25)(H2,20,21,22). The van der Waals surface area contributed by atoms with Crippen LogP contribution in [0.1, 0.15) is 18.0 Å². The van der Waals surface area contributed by atoms with E-state index in [1.165, 1.54) is 30.2 Å². The molecule has 0 spiro atoms. The number of rotatable bonds is 7. The summed E-state index contributed by atoms with van der Waals surface area (Å²) in [6.07, 6.45) is 1.14. The molecule has 0 saturated carbocycles. The second-order valence-electron chi connectivity index (χ2n) is 6.07. The molecule has 156 valence electrons. The number of fused-ring (bicyclic) bond motifs is 1. The highest BCUT2D eigenvalue weighted by atomic mass is 35.5. The first-order valence-corrected chi connectivity index (χ1v) is 11.7. The Morgan fingerprint density at radius 1 is 1.34 bits per heavy atom. The van der Waals surface area contributed by atoms with E-state index in [1.54, 1.807) is 0 Å². The average Bonchev–Trinajstić information content (AvgIpc) is 3.11. The summed E-state index contributed by atoms with van der Waals surface area (Å²) in [7, 11) is -3.80. The van der Waals surface area contributed by atoms with Crippen molar-refractivity contribution in [3.05, 3.63) is 34.2 Å². The zero-order valence-electron chi connectivity index (χ0n) is 14.8. The number of nitrogens with zero attached hydrogens (tertiary/aromatic N) is 2. The molecule has 0 fully saturated rings. The van der Waals surface area contributed by atoms with Gasteiger partial charge in [-0.1, -0.05) is 23.2 Å². The lowest BCUT2D eigenvalue weighted by atomic mass is 10.1. The molecule has 2 heterocycles. The third-order valence-corrected chi connectivity index (χ3v) is 7.32. The van der Waals surface area contributed by atoms with Gasteiger partial charge in [-0.05, 0) is 18.6 Å². The third kappa shape index (κ3) is 4.85. The molecule has 1 unspecified atom stereocenters. The summed E-state index contributed by atoms with van der Waals surface area (Å²) in [5.41, 5.74) is 6.41. The molecule has 29 heavy (non-hydrogen) atoms. The normalized spacial score (nSPS) is 15.8. The van der Waals surface area contributed by atoms with Crippen molar-refractivity contribution >= 4 is 68.1 Å². The van der Waals surface area contributed by atoms with E-state index in [4.69, 9.17) is 28.9 Å². The number of thioether (sulfide) groups is 1. The summed E-state index contributed by atoms with van der Waals surface area (Å²) < 4.78 is 38.6. The summed E-state index contributed by atoms with van der Waals surface area (Å²) in [4.78, 5) is 21.5. The first kappa shape index (κ1) is 21.9. The number of anilines is 3. The van der Waals surface area contributed by atoms with Crippen LogP contribution < -0.4 is 15.8 Å². The van der Waals surface area contributed by atoms with E-state index >= 15 is 0 Å². The van der Waals surface area contributed by atoms with Crippen LogP contribution in [0.5, 0.6) is 0 Å². The molecule has 0 aliphatic carbocycles. The number of nitrogens with one attached hydrogen (secondary N) is 2. The molecule has 1 aliphatic rings. The molecule has 2 aromatic rings. The van der Waals surface area contributed by atoms with Crippen molar-refractivity contribution in [2.45, 2.75) is 17.2 Å². The molecule has 1 aliphatic heterocycles. The molecule has 3 rings (SSSR count). The maximum absolute atomic E-state index is 12.8. The van der Waals surface area contributed by atoms with Crippen molar-refractivity contribution < 1.29 is 17.6 Å². The number of sulfonamides is 1. The van der Waals surface area contributed by atoms with Crippen LogP contribution in [0.25, 0.3) is 0 Å². The number of nitrogens with two attached hydrogens (primary N) is 1. The quantitative estimate of drug-likeness (QED) is 0.555. The van der Waals surface area contributed by atoms with Crippen LogP contribution >= 0.6 is 35.0 Å². The van der Waals surface area contributed by atoms with Gasteiger partial charge in [0.25, 0.3) is 0 Å². The molecule has 1 aromatic carbocycles. The monoisotopic (exact) mass is 479 g/mol. The molecule has 1 amide bonds. The maximum atomic E-state index is 12.8. The fourth-order valence-corrected chi connectivity index (χ4v) is 5.51. The van der Waals surface area contributed by atoms with Gasteiger partial charge in [0.1, 0.15) is 12.1 Å². The van der Waals surface area contributed by atoms with Crippen LogP contribution in [-0.2, 0) is 14.8 Å². The molecule has 13 heteroatoms. The predicted octanol–water partition coefficient (Wildman–Crippen LogP) is 3.29.